The predicted octanol–water partition coefficient (Wildman–Crippen LogP) is 9.42. The Bertz CT molecular complexity index is 1540. The van der Waals surface area contributed by atoms with Crippen molar-refractivity contribution in [1.82, 2.24) is 3.97 Å². The first-order valence-corrected chi connectivity index (χ1v) is 17.3. The van der Waals surface area contributed by atoms with Crippen LogP contribution in [0.4, 0.5) is 0 Å². The van der Waals surface area contributed by atoms with E-state index in [9.17, 15) is 8.42 Å². The Balaban J connectivity index is 1.15. The summed E-state index contributed by atoms with van der Waals surface area (Å²) in [5, 5.41) is 0.845. The molecule has 4 rings (SSSR count). The highest BCUT2D eigenvalue weighted by atomic mass is 32.2. The standard InChI is InChI=1S/C37H47NO5S/c1-41-33-21-24-35(25-22-33)44(39,40)38-29-32(36-28-34(42-2)23-26-37(36)38)20-16-11-9-7-5-3-4-6-8-10-12-17-27-43-30-31-18-14-13-15-19-31/h13-16,18-26,28-29H,3-12,17,27,30H2,1-2H3. The van der Waals surface area contributed by atoms with Gasteiger partial charge in [0, 0.05) is 23.8 Å². The third-order valence-corrected chi connectivity index (χ3v) is 9.63. The van der Waals surface area contributed by atoms with E-state index in [2.05, 4.69) is 30.3 Å². The zero-order valence-electron chi connectivity index (χ0n) is 26.2. The molecule has 1 heterocycles. The summed E-state index contributed by atoms with van der Waals surface area (Å²) in [6.45, 7) is 1.56. The highest BCUT2D eigenvalue weighted by molar-refractivity contribution is 7.90. The molecule has 0 saturated heterocycles. The first kappa shape index (κ1) is 33.3. The highest BCUT2D eigenvalue weighted by Gasteiger charge is 2.21. The Morgan fingerprint density at radius 1 is 0.705 bits per heavy atom. The number of unbranched alkanes of at least 4 members (excludes halogenated alkanes) is 10. The smallest absolute Gasteiger partial charge is 0.268 e. The van der Waals surface area contributed by atoms with Crippen LogP contribution in [0.3, 0.4) is 0 Å². The molecule has 1 aromatic heterocycles. The molecule has 0 aliphatic rings. The minimum Gasteiger partial charge on any atom is -0.497 e. The van der Waals surface area contributed by atoms with Crippen LogP contribution in [-0.4, -0.2) is 33.2 Å². The number of hydrogen-bond donors (Lipinski definition) is 0. The maximum atomic E-state index is 13.5. The first-order chi connectivity index (χ1) is 21.5. The van der Waals surface area contributed by atoms with Crippen molar-refractivity contribution >= 4 is 27.0 Å². The minimum atomic E-state index is -3.78. The number of ether oxygens (including phenoxy) is 3. The molecule has 6 nitrogen and oxygen atoms in total. The van der Waals surface area contributed by atoms with Gasteiger partial charge in [-0.3, -0.25) is 0 Å². The van der Waals surface area contributed by atoms with Gasteiger partial charge in [-0.05, 0) is 67.3 Å². The number of aromatic nitrogens is 1. The van der Waals surface area contributed by atoms with Gasteiger partial charge >= 0.3 is 0 Å². The Morgan fingerprint density at radius 3 is 1.98 bits per heavy atom. The Labute approximate surface area is 263 Å². The molecule has 0 aliphatic carbocycles. The van der Waals surface area contributed by atoms with Crippen LogP contribution in [0, 0.1) is 0 Å². The summed E-state index contributed by atoms with van der Waals surface area (Å²) in [4.78, 5) is 0.214. The summed E-state index contributed by atoms with van der Waals surface area (Å²) in [6, 6.07) is 22.3. The largest absolute Gasteiger partial charge is 0.497 e. The van der Waals surface area contributed by atoms with Crippen LogP contribution in [-0.2, 0) is 21.4 Å². The highest BCUT2D eigenvalue weighted by Crippen LogP contribution is 2.30. The maximum Gasteiger partial charge on any atom is 0.268 e. The number of methoxy groups -OCH3 is 2. The molecule has 0 bridgehead atoms. The van der Waals surface area contributed by atoms with Crippen LogP contribution in [0.25, 0.3) is 17.0 Å². The van der Waals surface area contributed by atoms with Gasteiger partial charge in [0.25, 0.3) is 10.0 Å². The van der Waals surface area contributed by atoms with Crippen molar-refractivity contribution in [1.29, 1.82) is 0 Å². The molecule has 0 N–H and O–H groups in total. The molecule has 0 atom stereocenters. The number of allylic oxidation sites excluding steroid dienone is 1. The van der Waals surface area contributed by atoms with E-state index in [0.717, 1.165) is 36.8 Å². The monoisotopic (exact) mass is 617 g/mol. The predicted molar refractivity (Wildman–Crippen MR) is 180 cm³/mol. The first-order valence-electron chi connectivity index (χ1n) is 15.9. The second kappa shape index (κ2) is 17.7. The molecule has 236 valence electrons. The van der Waals surface area contributed by atoms with Crippen molar-refractivity contribution in [3.05, 3.63) is 96.2 Å². The molecule has 0 saturated carbocycles. The third-order valence-electron chi connectivity index (χ3n) is 7.94. The lowest BCUT2D eigenvalue weighted by Gasteiger charge is -2.08. The molecule has 0 radical (unpaired) electrons. The lowest BCUT2D eigenvalue weighted by Crippen LogP contribution is -2.11. The van der Waals surface area contributed by atoms with E-state index in [1.54, 1.807) is 56.8 Å². The fourth-order valence-corrected chi connectivity index (χ4v) is 6.76. The van der Waals surface area contributed by atoms with Gasteiger partial charge in [-0.1, -0.05) is 93.9 Å². The molecule has 3 aromatic carbocycles. The van der Waals surface area contributed by atoms with Crippen LogP contribution in [0.2, 0.25) is 0 Å². The average Bonchev–Trinajstić information content (AvgIpc) is 3.43. The Hall–Kier alpha value is -3.55. The SMILES string of the molecule is COc1ccc(S(=O)(=O)n2cc(C=CCCCCCCCCCCCCOCc3ccccc3)c3cc(OC)ccc32)cc1. The van der Waals surface area contributed by atoms with Gasteiger partial charge in [-0.15, -0.1) is 0 Å². The molecule has 0 amide bonds. The quantitative estimate of drug-likeness (QED) is 0.0925. The summed E-state index contributed by atoms with van der Waals surface area (Å²) in [5.74, 6) is 1.31. The van der Waals surface area contributed by atoms with Crippen molar-refractivity contribution in [3.63, 3.8) is 0 Å². The van der Waals surface area contributed by atoms with E-state index in [1.165, 1.54) is 60.9 Å². The second-order valence-electron chi connectivity index (χ2n) is 11.2. The van der Waals surface area contributed by atoms with E-state index in [0.29, 0.717) is 23.6 Å². The van der Waals surface area contributed by atoms with Crippen molar-refractivity contribution in [3.8, 4) is 11.5 Å². The third kappa shape index (κ3) is 9.73. The molecule has 0 spiro atoms. The van der Waals surface area contributed by atoms with Gasteiger partial charge in [0.2, 0.25) is 0 Å². The van der Waals surface area contributed by atoms with E-state index in [1.807, 2.05) is 18.2 Å². The number of rotatable bonds is 20. The minimum absolute atomic E-state index is 0.214. The molecule has 4 aromatic rings. The fraction of sp³-hybridized carbons (Fsp3) is 0.405. The van der Waals surface area contributed by atoms with E-state index in [-0.39, 0.29) is 4.90 Å². The molecular weight excluding hydrogens is 570 g/mol. The Kier molecular flexibility index (Phi) is 13.4. The summed E-state index contributed by atoms with van der Waals surface area (Å²) >= 11 is 0. The van der Waals surface area contributed by atoms with Gasteiger partial charge in [0.05, 0.1) is 31.2 Å². The van der Waals surface area contributed by atoms with Crippen LogP contribution in [0.5, 0.6) is 11.5 Å². The van der Waals surface area contributed by atoms with Gasteiger partial charge < -0.3 is 14.2 Å². The van der Waals surface area contributed by atoms with Crippen molar-refractivity contribution < 1.29 is 22.6 Å². The van der Waals surface area contributed by atoms with E-state index in [4.69, 9.17) is 14.2 Å². The molecule has 7 heteroatoms. The summed E-state index contributed by atoms with van der Waals surface area (Å²) in [5.41, 5.74) is 2.73. The van der Waals surface area contributed by atoms with Crippen LogP contribution < -0.4 is 9.47 Å². The van der Waals surface area contributed by atoms with E-state index >= 15 is 0 Å². The van der Waals surface area contributed by atoms with Gasteiger partial charge in [-0.2, -0.15) is 0 Å². The van der Waals surface area contributed by atoms with Crippen LogP contribution >= 0.6 is 0 Å². The summed E-state index contributed by atoms with van der Waals surface area (Å²) < 4.78 is 44.8. The molecule has 0 aliphatic heterocycles. The number of benzene rings is 3. The molecule has 0 unspecified atom stereocenters. The zero-order valence-corrected chi connectivity index (χ0v) is 27.1. The Morgan fingerprint density at radius 2 is 1.32 bits per heavy atom. The van der Waals surface area contributed by atoms with Gasteiger partial charge in [0.1, 0.15) is 11.5 Å². The van der Waals surface area contributed by atoms with Crippen molar-refractivity contribution in [2.24, 2.45) is 0 Å². The number of nitrogens with zero attached hydrogens (tertiary/aromatic N) is 1. The molecule has 0 fully saturated rings. The van der Waals surface area contributed by atoms with Crippen molar-refractivity contribution in [2.75, 3.05) is 20.8 Å². The molecular formula is C37H47NO5S. The van der Waals surface area contributed by atoms with Gasteiger partial charge in [-0.25, -0.2) is 12.4 Å². The second-order valence-corrected chi connectivity index (χ2v) is 13.0. The number of hydrogen-bond acceptors (Lipinski definition) is 5. The maximum absolute atomic E-state index is 13.5. The summed E-state index contributed by atoms with van der Waals surface area (Å²) in [7, 11) is -0.601. The molecule has 44 heavy (non-hydrogen) atoms. The zero-order chi connectivity index (χ0) is 31.0. The van der Waals surface area contributed by atoms with Crippen LogP contribution in [0.1, 0.15) is 81.8 Å². The lowest BCUT2D eigenvalue weighted by molar-refractivity contribution is 0.116. The summed E-state index contributed by atoms with van der Waals surface area (Å²) in [6.07, 6.45) is 19.4. The topological polar surface area (TPSA) is 66.8 Å². The van der Waals surface area contributed by atoms with Crippen LogP contribution in [0.15, 0.2) is 90.0 Å². The van der Waals surface area contributed by atoms with Gasteiger partial charge in [0.15, 0.2) is 0 Å². The average molecular weight is 618 g/mol. The van der Waals surface area contributed by atoms with Crippen molar-refractivity contribution in [2.45, 2.75) is 82.1 Å². The lowest BCUT2D eigenvalue weighted by atomic mass is 10.1. The van der Waals surface area contributed by atoms with E-state index < -0.39 is 10.0 Å². The fourth-order valence-electron chi connectivity index (χ4n) is 5.38. The normalized spacial score (nSPS) is 11.9. The number of fused-ring (bicyclic) bond motifs is 1.